The summed E-state index contributed by atoms with van der Waals surface area (Å²) in [6.45, 7) is 6.34. The summed E-state index contributed by atoms with van der Waals surface area (Å²) in [5.74, 6) is -0.155. The molecule has 0 saturated carbocycles. The molecular formula is C22H24FN3OS. The third kappa shape index (κ3) is 4.02. The lowest BCUT2D eigenvalue weighted by Gasteiger charge is -2.31. The topological polar surface area (TPSA) is 45.2 Å². The zero-order chi connectivity index (χ0) is 19.7. The lowest BCUT2D eigenvalue weighted by molar-refractivity contribution is -0.125. The maximum Gasteiger partial charge on any atom is 0.223 e. The lowest BCUT2D eigenvalue weighted by atomic mass is 9.96. The Morgan fingerprint density at radius 1 is 1.21 bits per heavy atom. The second-order valence-corrected chi connectivity index (χ2v) is 8.54. The molecule has 0 unspecified atom stereocenters. The van der Waals surface area contributed by atoms with E-state index >= 15 is 0 Å². The van der Waals surface area contributed by atoms with Gasteiger partial charge >= 0.3 is 0 Å². The van der Waals surface area contributed by atoms with Gasteiger partial charge in [0.25, 0.3) is 0 Å². The Kier molecular flexibility index (Phi) is 5.31. The molecule has 0 atom stereocenters. The predicted octanol–water partition coefficient (Wildman–Crippen LogP) is 4.59. The van der Waals surface area contributed by atoms with E-state index in [-0.39, 0.29) is 17.6 Å². The van der Waals surface area contributed by atoms with Gasteiger partial charge in [0.2, 0.25) is 5.91 Å². The van der Waals surface area contributed by atoms with E-state index < -0.39 is 0 Å². The van der Waals surface area contributed by atoms with Crippen LogP contribution in [-0.4, -0.2) is 24.0 Å². The molecule has 146 valence electrons. The number of rotatable bonds is 4. The SMILES string of the molecule is Cc1cc(C)c2nc(N3CCC(C(=O)NCc4ccc(F)cc4)CC3)sc2c1. The van der Waals surface area contributed by atoms with E-state index in [1.165, 1.54) is 28.0 Å². The van der Waals surface area contributed by atoms with Crippen molar-refractivity contribution in [2.24, 2.45) is 5.92 Å². The minimum absolute atomic E-state index is 0.0232. The molecule has 0 radical (unpaired) electrons. The van der Waals surface area contributed by atoms with Crippen LogP contribution in [0.15, 0.2) is 36.4 Å². The highest BCUT2D eigenvalue weighted by Gasteiger charge is 2.26. The Balaban J connectivity index is 1.34. The number of aromatic nitrogens is 1. The van der Waals surface area contributed by atoms with Crippen LogP contribution in [0.4, 0.5) is 9.52 Å². The summed E-state index contributed by atoms with van der Waals surface area (Å²) in [7, 11) is 0. The number of nitrogens with one attached hydrogen (secondary N) is 1. The predicted molar refractivity (Wildman–Crippen MR) is 112 cm³/mol. The molecule has 1 fully saturated rings. The van der Waals surface area contributed by atoms with Crippen molar-refractivity contribution in [2.45, 2.75) is 33.2 Å². The first-order chi connectivity index (χ1) is 13.5. The zero-order valence-electron chi connectivity index (χ0n) is 16.2. The van der Waals surface area contributed by atoms with Gasteiger partial charge in [0.05, 0.1) is 10.2 Å². The highest BCUT2D eigenvalue weighted by molar-refractivity contribution is 7.22. The van der Waals surface area contributed by atoms with Crippen LogP contribution in [0.2, 0.25) is 0 Å². The largest absolute Gasteiger partial charge is 0.352 e. The zero-order valence-corrected chi connectivity index (χ0v) is 17.0. The van der Waals surface area contributed by atoms with E-state index in [9.17, 15) is 9.18 Å². The van der Waals surface area contributed by atoms with Gasteiger partial charge in [-0.15, -0.1) is 0 Å². The van der Waals surface area contributed by atoms with Crippen LogP contribution in [0.25, 0.3) is 10.2 Å². The summed E-state index contributed by atoms with van der Waals surface area (Å²) in [4.78, 5) is 19.6. The number of anilines is 1. The molecule has 1 N–H and O–H groups in total. The first-order valence-corrected chi connectivity index (χ1v) is 10.5. The van der Waals surface area contributed by atoms with E-state index in [1.807, 2.05) is 0 Å². The molecule has 2 heterocycles. The number of hydrogen-bond acceptors (Lipinski definition) is 4. The second kappa shape index (κ2) is 7.87. The van der Waals surface area contributed by atoms with Gasteiger partial charge in [-0.2, -0.15) is 0 Å². The fraction of sp³-hybridized carbons (Fsp3) is 0.364. The van der Waals surface area contributed by atoms with E-state index in [0.29, 0.717) is 6.54 Å². The van der Waals surface area contributed by atoms with Crippen molar-refractivity contribution in [2.75, 3.05) is 18.0 Å². The van der Waals surface area contributed by atoms with Crippen molar-refractivity contribution in [3.8, 4) is 0 Å². The number of benzene rings is 2. The molecule has 4 rings (SSSR count). The Hall–Kier alpha value is -2.47. The number of thiazole rings is 1. The molecule has 2 aromatic carbocycles. The second-order valence-electron chi connectivity index (χ2n) is 7.53. The van der Waals surface area contributed by atoms with Gasteiger partial charge in [0.1, 0.15) is 5.82 Å². The summed E-state index contributed by atoms with van der Waals surface area (Å²) in [5, 5.41) is 4.03. The van der Waals surface area contributed by atoms with Gasteiger partial charge in [0.15, 0.2) is 5.13 Å². The fourth-order valence-corrected chi connectivity index (χ4v) is 4.96. The van der Waals surface area contributed by atoms with Gasteiger partial charge in [-0.05, 0) is 61.6 Å². The van der Waals surface area contributed by atoms with Crippen LogP contribution >= 0.6 is 11.3 Å². The van der Waals surface area contributed by atoms with Crippen molar-refractivity contribution in [3.05, 3.63) is 58.9 Å². The molecule has 1 aliphatic rings. The van der Waals surface area contributed by atoms with Crippen molar-refractivity contribution in [1.82, 2.24) is 10.3 Å². The Morgan fingerprint density at radius 2 is 1.93 bits per heavy atom. The Labute approximate surface area is 168 Å². The van der Waals surface area contributed by atoms with Gasteiger partial charge in [-0.1, -0.05) is 29.5 Å². The monoisotopic (exact) mass is 397 g/mol. The Bertz CT molecular complexity index is 991. The van der Waals surface area contributed by atoms with E-state index in [1.54, 1.807) is 23.5 Å². The molecule has 3 aromatic rings. The number of carbonyl (C=O) groups is 1. The maximum absolute atomic E-state index is 13.0. The minimum Gasteiger partial charge on any atom is -0.352 e. The van der Waals surface area contributed by atoms with Crippen LogP contribution in [0.1, 0.15) is 29.5 Å². The molecule has 1 aromatic heterocycles. The van der Waals surface area contributed by atoms with Crippen LogP contribution in [0.3, 0.4) is 0 Å². The third-order valence-electron chi connectivity index (χ3n) is 5.33. The number of piperidine rings is 1. The minimum atomic E-state index is -0.261. The van der Waals surface area contributed by atoms with E-state index in [0.717, 1.165) is 42.1 Å². The van der Waals surface area contributed by atoms with Gasteiger partial charge in [0, 0.05) is 25.6 Å². The first kappa shape index (κ1) is 18.9. The lowest BCUT2D eigenvalue weighted by Crippen LogP contribution is -2.40. The van der Waals surface area contributed by atoms with Gasteiger partial charge in [-0.25, -0.2) is 9.37 Å². The number of nitrogens with zero attached hydrogens (tertiary/aromatic N) is 2. The first-order valence-electron chi connectivity index (χ1n) is 9.64. The summed E-state index contributed by atoms with van der Waals surface area (Å²) in [5.41, 5.74) is 4.47. The van der Waals surface area contributed by atoms with Gasteiger partial charge < -0.3 is 10.2 Å². The molecular weight excluding hydrogens is 373 g/mol. The molecule has 28 heavy (non-hydrogen) atoms. The van der Waals surface area contributed by atoms with E-state index in [2.05, 4.69) is 36.2 Å². The quantitative estimate of drug-likeness (QED) is 0.701. The number of aryl methyl sites for hydroxylation is 2. The van der Waals surface area contributed by atoms with Crippen molar-refractivity contribution >= 4 is 32.6 Å². The smallest absolute Gasteiger partial charge is 0.223 e. The molecule has 4 nitrogen and oxygen atoms in total. The molecule has 1 aliphatic heterocycles. The number of amides is 1. The molecule has 0 aliphatic carbocycles. The van der Waals surface area contributed by atoms with Crippen molar-refractivity contribution < 1.29 is 9.18 Å². The highest BCUT2D eigenvalue weighted by Crippen LogP contribution is 2.33. The Morgan fingerprint density at radius 3 is 2.64 bits per heavy atom. The molecule has 0 spiro atoms. The summed E-state index contributed by atoms with van der Waals surface area (Å²) < 4.78 is 14.2. The summed E-state index contributed by atoms with van der Waals surface area (Å²) >= 11 is 1.73. The summed E-state index contributed by atoms with van der Waals surface area (Å²) in [6, 6.07) is 10.6. The van der Waals surface area contributed by atoms with Crippen LogP contribution in [0.5, 0.6) is 0 Å². The highest BCUT2D eigenvalue weighted by atomic mass is 32.1. The van der Waals surface area contributed by atoms with E-state index in [4.69, 9.17) is 4.98 Å². The number of fused-ring (bicyclic) bond motifs is 1. The third-order valence-corrected chi connectivity index (χ3v) is 6.40. The molecule has 6 heteroatoms. The van der Waals surface area contributed by atoms with Crippen molar-refractivity contribution in [3.63, 3.8) is 0 Å². The average molecular weight is 398 g/mol. The molecule has 0 bridgehead atoms. The summed E-state index contributed by atoms with van der Waals surface area (Å²) in [6.07, 6.45) is 1.65. The maximum atomic E-state index is 13.0. The van der Waals surface area contributed by atoms with Gasteiger partial charge in [-0.3, -0.25) is 4.79 Å². The fourth-order valence-electron chi connectivity index (χ4n) is 3.76. The van der Waals surface area contributed by atoms with Crippen LogP contribution < -0.4 is 10.2 Å². The number of halogens is 1. The van der Waals surface area contributed by atoms with Crippen LogP contribution in [-0.2, 0) is 11.3 Å². The van der Waals surface area contributed by atoms with Crippen LogP contribution in [0, 0.1) is 25.6 Å². The molecule has 1 amide bonds. The van der Waals surface area contributed by atoms with Crippen molar-refractivity contribution in [1.29, 1.82) is 0 Å². The standard InChI is InChI=1S/C22H24FN3OS/c1-14-11-15(2)20-19(12-14)28-22(25-20)26-9-7-17(8-10-26)21(27)24-13-16-3-5-18(23)6-4-16/h3-6,11-12,17H,7-10,13H2,1-2H3,(H,24,27). The number of hydrogen-bond donors (Lipinski definition) is 1. The normalized spacial score (nSPS) is 15.2. The number of carbonyl (C=O) groups excluding carboxylic acids is 1. The average Bonchev–Trinajstić information content (AvgIpc) is 3.12. The molecule has 1 saturated heterocycles.